The number of nitrogens with two attached hydrogens (primary N) is 1. The van der Waals surface area contributed by atoms with Gasteiger partial charge in [0.05, 0.1) is 0 Å². The lowest BCUT2D eigenvalue weighted by molar-refractivity contribution is 0.971. The van der Waals surface area contributed by atoms with Gasteiger partial charge in [0.2, 0.25) is 11.9 Å². The first-order chi connectivity index (χ1) is 7.16. The van der Waals surface area contributed by atoms with E-state index >= 15 is 0 Å². The van der Waals surface area contributed by atoms with E-state index in [-0.39, 0.29) is 5.95 Å². The van der Waals surface area contributed by atoms with Crippen LogP contribution in [-0.2, 0) is 0 Å². The number of nitrogen functional groups attached to an aromatic ring is 1. The SMILES string of the molecule is CN(C)c1nc(N)nc(-c2ccsc2)n1. The normalized spacial score (nSPS) is 10.3. The molecule has 0 radical (unpaired) electrons. The zero-order valence-corrected chi connectivity index (χ0v) is 9.32. The number of aromatic nitrogens is 3. The maximum atomic E-state index is 5.62. The Balaban J connectivity index is 2.49. The molecule has 2 rings (SSSR count). The molecule has 2 heterocycles. The van der Waals surface area contributed by atoms with E-state index in [0.29, 0.717) is 11.8 Å². The Morgan fingerprint density at radius 2 is 2.07 bits per heavy atom. The van der Waals surface area contributed by atoms with Crippen molar-refractivity contribution < 1.29 is 0 Å². The van der Waals surface area contributed by atoms with Gasteiger partial charge in [-0.3, -0.25) is 0 Å². The minimum Gasteiger partial charge on any atom is -0.368 e. The van der Waals surface area contributed by atoms with Crippen LogP contribution in [0.2, 0.25) is 0 Å². The van der Waals surface area contributed by atoms with Crippen LogP contribution in [0.15, 0.2) is 16.8 Å². The molecule has 0 amide bonds. The molecule has 0 spiro atoms. The Morgan fingerprint density at radius 1 is 1.27 bits per heavy atom. The number of anilines is 2. The molecule has 15 heavy (non-hydrogen) atoms. The van der Waals surface area contributed by atoms with Crippen LogP contribution in [0.25, 0.3) is 11.4 Å². The molecular formula is C9H11N5S. The summed E-state index contributed by atoms with van der Waals surface area (Å²) in [6.07, 6.45) is 0. The van der Waals surface area contributed by atoms with Gasteiger partial charge in [-0.15, -0.1) is 0 Å². The van der Waals surface area contributed by atoms with Crippen LogP contribution in [0.3, 0.4) is 0 Å². The van der Waals surface area contributed by atoms with Crippen molar-refractivity contribution in [2.45, 2.75) is 0 Å². The van der Waals surface area contributed by atoms with Crippen molar-refractivity contribution >= 4 is 23.2 Å². The minimum absolute atomic E-state index is 0.245. The predicted octanol–water partition coefficient (Wildman–Crippen LogP) is 1.25. The summed E-state index contributed by atoms with van der Waals surface area (Å²) in [4.78, 5) is 14.2. The third-order valence-corrected chi connectivity index (χ3v) is 2.50. The third-order valence-electron chi connectivity index (χ3n) is 1.82. The Kier molecular flexibility index (Phi) is 2.51. The average molecular weight is 221 g/mol. The molecule has 0 saturated heterocycles. The van der Waals surface area contributed by atoms with Crippen LogP contribution < -0.4 is 10.6 Å². The molecule has 78 valence electrons. The lowest BCUT2D eigenvalue weighted by Gasteiger charge is -2.10. The molecule has 5 nitrogen and oxygen atoms in total. The number of hydrogen-bond donors (Lipinski definition) is 1. The maximum absolute atomic E-state index is 5.62. The molecule has 0 unspecified atom stereocenters. The van der Waals surface area contributed by atoms with Gasteiger partial charge in [0.25, 0.3) is 0 Å². The minimum atomic E-state index is 0.245. The van der Waals surface area contributed by atoms with Gasteiger partial charge in [-0.25, -0.2) is 0 Å². The smallest absolute Gasteiger partial charge is 0.230 e. The molecule has 0 fully saturated rings. The number of rotatable bonds is 2. The molecular weight excluding hydrogens is 210 g/mol. The van der Waals surface area contributed by atoms with Gasteiger partial charge in [0.15, 0.2) is 5.82 Å². The van der Waals surface area contributed by atoms with E-state index in [2.05, 4.69) is 15.0 Å². The van der Waals surface area contributed by atoms with Crippen LogP contribution in [0.4, 0.5) is 11.9 Å². The average Bonchev–Trinajstić information content (AvgIpc) is 2.69. The Hall–Kier alpha value is -1.69. The monoisotopic (exact) mass is 221 g/mol. The molecule has 0 bridgehead atoms. The summed E-state index contributed by atoms with van der Waals surface area (Å²) in [5.74, 6) is 1.44. The van der Waals surface area contributed by atoms with Crippen LogP contribution in [-0.4, -0.2) is 29.0 Å². The largest absolute Gasteiger partial charge is 0.368 e. The van der Waals surface area contributed by atoms with Crippen molar-refractivity contribution in [3.63, 3.8) is 0 Å². The van der Waals surface area contributed by atoms with E-state index in [1.54, 1.807) is 16.2 Å². The van der Waals surface area contributed by atoms with Crippen LogP contribution in [0.5, 0.6) is 0 Å². The number of thiophene rings is 1. The van der Waals surface area contributed by atoms with Gasteiger partial charge in [-0.2, -0.15) is 26.3 Å². The van der Waals surface area contributed by atoms with Gasteiger partial charge in [0, 0.05) is 25.0 Å². The van der Waals surface area contributed by atoms with Crippen LogP contribution in [0, 0.1) is 0 Å². The van der Waals surface area contributed by atoms with Gasteiger partial charge < -0.3 is 10.6 Å². The number of nitrogens with zero attached hydrogens (tertiary/aromatic N) is 4. The summed E-state index contributed by atoms with van der Waals surface area (Å²) >= 11 is 1.60. The highest BCUT2D eigenvalue weighted by Gasteiger charge is 2.07. The molecule has 0 aliphatic rings. The number of hydrogen-bond acceptors (Lipinski definition) is 6. The first kappa shape index (κ1) is 9.85. The first-order valence-corrected chi connectivity index (χ1v) is 5.32. The van der Waals surface area contributed by atoms with Crippen molar-refractivity contribution in [3.8, 4) is 11.4 Å². The summed E-state index contributed by atoms with van der Waals surface area (Å²) in [7, 11) is 3.73. The molecule has 0 aromatic carbocycles. The maximum Gasteiger partial charge on any atom is 0.230 e. The van der Waals surface area contributed by atoms with Gasteiger partial charge in [-0.1, -0.05) is 0 Å². The molecule has 2 aromatic rings. The summed E-state index contributed by atoms with van der Waals surface area (Å²) in [6.45, 7) is 0. The van der Waals surface area contributed by atoms with Gasteiger partial charge >= 0.3 is 0 Å². The van der Waals surface area contributed by atoms with Gasteiger partial charge in [0.1, 0.15) is 0 Å². The fourth-order valence-electron chi connectivity index (χ4n) is 1.10. The molecule has 0 aliphatic heterocycles. The van der Waals surface area contributed by atoms with E-state index < -0.39 is 0 Å². The molecule has 6 heteroatoms. The fourth-order valence-corrected chi connectivity index (χ4v) is 1.74. The topological polar surface area (TPSA) is 67.9 Å². The van der Waals surface area contributed by atoms with Crippen LogP contribution in [0.1, 0.15) is 0 Å². The molecule has 0 saturated carbocycles. The molecule has 0 aliphatic carbocycles. The Labute approximate surface area is 91.6 Å². The van der Waals surface area contributed by atoms with Crippen molar-refractivity contribution in [2.75, 3.05) is 24.7 Å². The van der Waals surface area contributed by atoms with Gasteiger partial charge in [-0.05, 0) is 11.4 Å². The summed E-state index contributed by atoms with van der Waals surface area (Å²) in [6, 6.07) is 1.96. The lowest BCUT2D eigenvalue weighted by Crippen LogP contribution is -2.15. The van der Waals surface area contributed by atoms with Crippen molar-refractivity contribution in [1.82, 2.24) is 15.0 Å². The molecule has 0 atom stereocenters. The third kappa shape index (κ3) is 2.04. The second-order valence-corrected chi connectivity index (χ2v) is 4.00. The van der Waals surface area contributed by atoms with Crippen molar-refractivity contribution in [2.24, 2.45) is 0 Å². The highest BCUT2D eigenvalue weighted by molar-refractivity contribution is 7.08. The van der Waals surface area contributed by atoms with E-state index in [0.717, 1.165) is 5.56 Å². The molecule has 2 N–H and O–H groups in total. The lowest BCUT2D eigenvalue weighted by atomic mass is 10.3. The second-order valence-electron chi connectivity index (χ2n) is 3.22. The molecule has 2 aromatic heterocycles. The first-order valence-electron chi connectivity index (χ1n) is 4.38. The van der Waals surface area contributed by atoms with E-state index in [1.165, 1.54) is 0 Å². The Morgan fingerprint density at radius 3 is 2.67 bits per heavy atom. The van der Waals surface area contributed by atoms with Crippen molar-refractivity contribution in [3.05, 3.63) is 16.8 Å². The summed E-state index contributed by atoms with van der Waals surface area (Å²) in [5, 5.41) is 3.96. The highest BCUT2D eigenvalue weighted by atomic mass is 32.1. The van der Waals surface area contributed by atoms with E-state index in [4.69, 9.17) is 5.73 Å². The van der Waals surface area contributed by atoms with Crippen molar-refractivity contribution in [1.29, 1.82) is 0 Å². The predicted molar refractivity (Wildman–Crippen MR) is 61.9 cm³/mol. The zero-order valence-electron chi connectivity index (χ0n) is 8.51. The fraction of sp³-hybridized carbons (Fsp3) is 0.222. The Bertz CT molecular complexity index is 452. The standard InChI is InChI=1S/C9H11N5S/c1-14(2)9-12-7(11-8(10)13-9)6-3-4-15-5-6/h3-5H,1-2H3,(H2,10,11,12,13). The van der Waals surface area contributed by atoms with E-state index in [9.17, 15) is 0 Å². The highest BCUT2D eigenvalue weighted by Crippen LogP contribution is 2.20. The van der Waals surface area contributed by atoms with Crippen LogP contribution >= 0.6 is 11.3 Å². The second kappa shape index (κ2) is 3.82. The summed E-state index contributed by atoms with van der Waals surface area (Å²) in [5.41, 5.74) is 6.59. The quantitative estimate of drug-likeness (QED) is 0.826. The van der Waals surface area contributed by atoms with E-state index in [1.807, 2.05) is 30.9 Å². The summed E-state index contributed by atoms with van der Waals surface area (Å²) < 4.78 is 0. The zero-order chi connectivity index (χ0) is 10.8.